The number of hydrogen-bond acceptors (Lipinski definition) is 5. The van der Waals surface area contributed by atoms with Gasteiger partial charge in [0.25, 0.3) is 0 Å². The quantitative estimate of drug-likeness (QED) is 0.805. The number of carbonyl (C=O) groups excluding carboxylic acids is 1. The highest BCUT2D eigenvalue weighted by Gasteiger charge is 2.29. The highest BCUT2D eigenvalue weighted by atomic mass is 16.7. The summed E-state index contributed by atoms with van der Waals surface area (Å²) in [6, 6.07) is 6.67. The van der Waals surface area contributed by atoms with Crippen molar-refractivity contribution in [3.63, 3.8) is 0 Å². The SMILES string of the molecule is CCOC(=O)C1CC(c2cccc(O)c2)=NO1. The average Bonchev–Trinajstić information content (AvgIpc) is 2.78. The maximum absolute atomic E-state index is 11.4. The molecule has 0 aromatic heterocycles. The molecular weight excluding hydrogens is 222 g/mol. The van der Waals surface area contributed by atoms with Crippen LogP contribution >= 0.6 is 0 Å². The van der Waals surface area contributed by atoms with Crippen molar-refractivity contribution in [3.8, 4) is 5.75 Å². The Morgan fingerprint density at radius 2 is 2.47 bits per heavy atom. The molecule has 1 unspecified atom stereocenters. The lowest BCUT2D eigenvalue weighted by Crippen LogP contribution is -2.23. The molecule has 1 aliphatic heterocycles. The first-order valence-corrected chi connectivity index (χ1v) is 5.39. The number of aromatic hydroxyl groups is 1. The van der Waals surface area contributed by atoms with Crippen LogP contribution in [0.5, 0.6) is 5.75 Å². The number of hydrogen-bond donors (Lipinski definition) is 1. The van der Waals surface area contributed by atoms with Crippen LogP contribution in [0.15, 0.2) is 29.4 Å². The average molecular weight is 235 g/mol. The molecule has 1 aliphatic rings. The van der Waals surface area contributed by atoms with E-state index in [1.54, 1.807) is 31.2 Å². The van der Waals surface area contributed by atoms with E-state index in [4.69, 9.17) is 9.57 Å². The van der Waals surface area contributed by atoms with E-state index < -0.39 is 12.1 Å². The summed E-state index contributed by atoms with van der Waals surface area (Å²) in [5.74, 6) is -0.254. The molecule has 0 fully saturated rings. The highest BCUT2D eigenvalue weighted by Crippen LogP contribution is 2.20. The maximum atomic E-state index is 11.4. The Morgan fingerprint density at radius 1 is 1.65 bits per heavy atom. The van der Waals surface area contributed by atoms with Crippen LogP contribution in [-0.4, -0.2) is 29.5 Å². The second-order valence-electron chi connectivity index (χ2n) is 3.64. The Bertz CT molecular complexity index is 456. The molecule has 5 heteroatoms. The van der Waals surface area contributed by atoms with Crippen molar-refractivity contribution in [2.45, 2.75) is 19.4 Å². The summed E-state index contributed by atoms with van der Waals surface area (Å²) in [4.78, 5) is 16.4. The normalized spacial score (nSPS) is 18.4. The fourth-order valence-corrected chi connectivity index (χ4v) is 1.59. The summed E-state index contributed by atoms with van der Waals surface area (Å²) in [7, 11) is 0. The van der Waals surface area contributed by atoms with E-state index in [0.717, 1.165) is 5.56 Å². The lowest BCUT2D eigenvalue weighted by atomic mass is 10.0. The monoisotopic (exact) mass is 235 g/mol. The predicted octanol–water partition coefficient (Wildman–Crippen LogP) is 1.45. The first kappa shape index (κ1) is 11.4. The van der Waals surface area contributed by atoms with Crippen molar-refractivity contribution in [2.75, 3.05) is 6.61 Å². The largest absolute Gasteiger partial charge is 0.508 e. The Labute approximate surface area is 98.6 Å². The summed E-state index contributed by atoms with van der Waals surface area (Å²) < 4.78 is 4.85. The van der Waals surface area contributed by atoms with Crippen LogP contribution in [0.25, 0.3) is 0 Å². The first-order chi connectivity index (χ1) is 8.20. The van der Waals surface area contributed by atoms with Gasteiger partial charge in [-0.15, -0.1) is 0 Å². The lowest BCUT2D eigenvalue weighted by molar-refractivity contribution is -0.154. The number of ether oxygens (including phenoxy) is 1. The van der Waals surface area contributed by atoms with Crippen LogP contribution in [0, 0.1) is 0 Å². The maximum Gasteiger partial charge on any atom is 0.350 e. The molecular formula is C12H13NO4. The third-order valence-corrected chi connectivity index (χ3v) is 2.40. The molecule has 0 saturated heterocycles. The molecule has 0 bridgehead atoms. The van der Waals surface area contributed by atoms with Gasteiger partial charge in [0.2, 0.25) is 6.10 Å². The second-order valence-corrected chi connectivity index (χ2v) is 3.64. The number of carbonyl (C=O) groups is 1. The lowest BCUT2D eigenvalue weighted by Gasteiger charge is -2.06. The minimum Gasteiger partial charge on any atom is -0.508 e. The number of nitrogens with zero attached hydrogens (tertiary/aromatic N) is 1. The molecule has 2 rings (SSSR count). The summed E-state index contributed by atoms with van der Waals surface area (Å²) in [6.07, 6.45) is -0.310. The van der Waals surface area contributed by atoms with E-state index in [-0.39, 0.29) is 5.75 Å². The Morgan fingerprint density at radius 3 is 3.18 bits per heavy atom. The van der Waals surface area contributed by atoms with E-state index in [9.17, 15) is 9.90 Å². The number of rotatable bonds is 3. The third kappa shape index (κ3) is 2.55. The van der Waals surface area contributed by atoms with Crippen molar-refractivity contribution in [3.05, 3.63) is 29.8 Å². The van der Waals surface area contributed by atoms with E-state index in [1.165, 1.54) is 0 Å². The molecule has 1 aromatic rings. The molecule has 0 amide bonds. The number of esters is 1. The van der Waals surface area contributed by atoms with Crippen LogP contribution < -0.4 is 0 Å². The topological polar surface area (TPSA) is 68.1 Å². The molecule has 1 N–H and O–H groups in total. The molecule has 1 heterocycles. The Kier molecular flexibility index (Phi) is 3.27. The number of oxime groups is 1. The van der Waals surface area contributed by atoms with Crippen LogP contribution in [0.3, 0.4) is 0 Å². The van der Waals surface area contributed by atoms with Gasteiger partial charge in [0.15, 0.2) is 0 Å². The molecule has 90 valence electrons. The Balaban J connectivity index is 2.05. The fraction of sp³-hybridized carbons (Fsp3) is 0.333. The van der Waals surface area contributed by atoms with Gasteiger partial charge in [-0.3, -0.25) is 0 Å². The van der Waals surface area contributed by atoms with Gasteiger partial charge < -0.3 is 14.7 Å². The van der Waals surface area contributed by atoms with E-state index in [1.807, 2.05) is 0 Å². The number of phenolic OH excluding ortho intramolecular Hbond substituents is 1. The summed E-state index contributed by atoms with van der Waals surface area (Å²) >= 11 is 0. The third-order valence-electron chi connectivity index (χ3n) is 2.40. The molecule has 1 atom stereocenters. The zero-order valence-corrected chi connectivity index (χ0v) is 9.42. The van der Waals surface area contributed by atoms with Crippen molar-refractivity contribution >= 4 is 11.7 Å². The molecule has 0 radical (unpaired) electrons. The molecule has 0 saturated carbocycles. The Hall–Kier alpha value is -2.04. The minimum atomic E-state index is -0.674. The first-order valence-electron chi connectivity index (χ1n) is 5.39. The number of phenols is 1. The second kappa shape index (κ2) is 4.86. The van der Waals surface area contributed by atoms with Crippen LogP contribution in [-0.2, 0) is 14.4 Å². The van der Waals surface area contributed by atoms with Gasteiger partial charge in [0.05, 0.1) is 12.3 Å². The van der Waals surface area contributed by atoms with Gasteiger partial charge in [-0.05, 0) is 19.1 Å². The van der Waals surface area contributed by atoms with Gasteiger partial charge in [0, 0.05) is 12.0 Å². The summed E-state index contributed by atoms with van der Waals surface area (Å²) in [6.45, 7) is 2.06. The van der Waals surface area contributed by atoms with Gasteiger partial charge in [-0.1, -0.05) is 17.3 Å². The van der Waals surface area contributed by atoms with E-state index in [0.29, 0.717) is 18.7 Å². The summed E-state index contributed by atoms with van der Waals surface area (Å²) in [5.41, 5.74) is 1.38. The molecule has 17 heavy (non-hydrogen) atoms. The number of benzene rings is 1. The van der Waals surface area contributed by atoms with Gasteiger partial charge >= 0.3 is 5.97 Å². The predicted molar refractivity (Wildman–Crippen MR) is 60.8 cm³/mol. The zero-order valence-electron chi connectivity index (χ0n) is 9.42. The molecule has 0 spiro atoms. The van der Waals surface area contributed by atoms with Crippen LogP contribution in [0.1, 0.15) is 18.9 Å². The molecule has 5 nitrogen and oxygen atoms in total. The molecule has 1 aromatic carbocycles. The van der Waals surface area contributed by atoms with Crippen molar-refractivity contribution in [2.24, 2.45) is 5.16 Å². The molecule has 0 aliphatic carbocycles. The van der Waals surface area contributed by atoms with Crippen molar-refractivity contribution < 1.29 is 19.5 Å². The fourth-order valence-electron chi connectivity index (χ4n) is 1.59. The van der Waals surface area contributed by atoms with Crippen molar-refractivity contribution in [1.29, 1.82) is 0 Å². The van der Waals surface area contributed by atoms with Gasteiger partial charge in [-0.2, -0.15) is 0 Å². The summed E-state index contributed by atoms with van der Waals surface area (Å²) in [5, 5.41) is 13.2. The standard InChI is InChI=1S/C12H13NO4/c1-2-16-12(15)11-7-10(13-17-11)8-4-3-5-9(14)6-8/h3-6,11,14H,2,7H2,1H3. The van der Waals surface area contributed by atoms with Gasteiger partial charge in [0.1, 0.15) is 5.75 Å². The van der Waals surface area contributed by atoms with Crippen molar-refractivity contribution in [1.82, 2.24) is 0 Å². The van der Waals surface area contributed by atoms with Crippen LogP contribution in [0.4, 0.5) is 0 Å². The van der Waals surface area contributed by atoms with Crippen LogP contribution in [0.2, 0.25) is 0 Å². The zero-order chi connectivity index (χ0) is 12.3. The highest BCUT2D eigenvalue weighted by molar-refractivity contribution is 6.03. The van der Waals surface area contributed by atoms with E-state index >= 15 is 0 Å². The van der Waals surface area contributed by atoms with Gasteiger partial charge in [-0.25, -0.2) is 4.79 Å². The van der Waals surface area contributed by atoms with E-state index in [2.05, 4.69) is 5.16 Å². The minimum absolute atomic E-state index is 0.157. The smallest absolute Gasteiger partial charge is 0.350 e.